The number of dihydropyridines is 1. The number of ketones is 1. The molecule has 2 atom stereocenters. The predicted molar refractivity (Wildman–Crippen MR) is 150 cm³/mol. The molecule has 0 unspecified atom stereocenters. The van der Waals surface area contributed by atoms with Crippen LogP contribution in [0.4, 0.5) is 0 Å². The lowest BCUT2D eigenvalue weighted by Gasteiger charge is -2.37. The van der Waals surface area contributed by atoms with Gasteiger partial charge in [0, 0.05) is 41.0 Å². The van der Waals surface area contributed by atoms with Crippen LogP contribution in [0.15, 0.2) is 69.5 Å². The Morgan fingerprint density at radius 1 is 1.11 bits per heavy atom. The summed E-state index contributed by atoms with van der Waals surface area (Å²) >= 11 is 5.29. The van der Waals surface area contributed by atoms with Crippen LogP contribution in [0, 0.1) is 0 Å². The number of esters is 1. The first-order valence-corrected chi connectivity index (χ1v) is 14.3. The summed E-state index contributed by atoms with van der Waals surface area (Å²) in [5.74, 6) is 2.21. The van der Waals surface area contributed by atoms with Gasteiger partial charge < -0.3 is 19.5 Å². The maximum absolute atomic E-state index is 13.8. The summed E-state index contributed by atoms with van der Waals surface area (Å²) in [4.78, 5) is 27.2. The zero-order chi connectivity index (χ0) is 26.5. The average Bonchev–Trinajstić information content (AvgIpc) is 2.90. The first kappa shape index (κ1) is 27.3. The fraction of sp³-hybridized carbons (Fsp3) is 0.379. The zero-order valence-electron chi connectivity index (χ0n) is 21.6. The van der Waals surface area contributed by atoms with Crippen LogP contribution in [0.2, 0.25) is 0 Å². The summed E-state index contributed by atoms with van der Waals surface area (Å²) in [5.41, 5.74) is 4.50. The standard InChI is InChI=1S/C29H32BrNO5S/c1-5-37-13-12-36-29(33)26-17(2)31-22-15-19(20-8-6-7-9-24(20)34-3)16-23(32)28(22)27(26)18-10-11-25(35-4)21(30)14-18/h6-11,14,19,27,31H,5,12-13,15-16H2,1-4H3/t19-,27-/m0/s1. The first-order valence-electron chi connectivity index (χ1n) is 12.3. The molecule has 8 heteroatoms. The molecule has 4 rings (SSSR count). The minimum atomic E-state index is -0.532. The van der Waals surface area contributed by atoms with E-state index in [2.05, 4.69) is 28.2 Å². The van der Waals surface area contributed by atoms with E-state index in [0.717, 1.165) is 38.6 Å². The number of carbonyl (C=O) groups excluding carboxylic acids is 2. The lowest BCUT2D eigenvalue weighted by molar-refractivity contribution is -0.138. The average molecular weight is 587 g/mol. The van der Waals surface area contributed by atoms with Crippen molar-refractivity contribution in [2.45, 2.75) is 38.5 Å². The van der Waals surface area contributed by atoms with Crippen molar-refractivity contribution >= 4 is 39.4 Å². The van der Waals surface area contributed by atoms with Gasteiger partial charge in [-0.15, -0.1) is 0 Å². The van der Waals surface area contributed by atoms with Gasteiger partial charge in [0.05, 0.1) is 24.3 Å². The second-order valence-electron chi connectivity index (χ2n) is 8.99. The van der Waals surface area contributed by atoms with Crippen molar-refractivity contribution in [3.05, 3.63) is 80.6 Å². The number of methoxy groups -OCH3 is 2. The zero-order valence-corrected chi connectivity index (χ0v) is 24.0. The quantitative estimate of drug-likeness (QED) is 0.280. The van der Waals surface area contributed by atoms with Crippen LogP contribution < -0.4 is 14.8 Å². The number of para-hydroxylation sites is 1. The Morgan fingerprint density at radius 3 is 2.57 bits per heavy atom. The molecule has 1 aliphatic carbocycles. The third kappa shape index (κ3) is 5.75. The van der Waals surface area contributed by atoms with Gasteiger partial charge in [-0.05, 0) is 64.4 Å². The molecule has 0 spiro atoms. The Bertz CT molecular complexity index is 1250. The van der Waals surface area contributed by atoms with E-state index in [1.54, 1.807) is 26.0 Å². The number of halogens is 1. The summed E-state index contributed by atoms with van der Waals surface area (Å²) in [6.45, 7) is 4.27. The van der Waals surface area contributed by atoms with Crippen molar-refractivity contribution in [2.24, 2.45) is 0 Å². The van der Waals surface area contributed by atoms with E-state index < -0.39 is 11.9 Å². The number of benzene rings is 2. The van der Waals surface area contributed by atoms with Crippen LogP contribution >= 0.6 is 27.7 Å². The second kappa shape index (κ2) is 12.2. The lowest BCUT2D eigenvalue weighted by atomic mass is 9.71. The Balaban J connectivity index is 1.76. The number of rotatable bonds is 9. The number of hydrogen-bond donors (Lipinski definition) is 1. The van der Waals surface area contributed by atoms with Gasteiger partial charge in [-0.1, -0.05) is 31.2 Å². The predicted octanol–water partition coefficient (Wildman–Crippen LogP) is 6.12. The largest absolute Gasteiger partial charge is 0.496 e. The monoisotopic (exact) mass is 585 g/mol. The van der Waals surface area contributed by atoms with E-state index in [-0.39, 0.29) is 11.7 Å². The number of carbonyl (C=O) groups is 2. The summed E-state index contributed by atoms with van der Waals surface area (Å²) in [6, 6.07) is 13.5. The van der Waals surface area contributed by atoms with Gasteiger partial charge in [-0.25, -0.2) is 4.79 Å². The normalized spacial score (nSPS) is 19.3. The smallest absolute Gasteiger partial charge is 0.336 e. The molecule has 0 saturated heterocycles. The molecular formula is C29H32BrNO5S. The van der Waals surface area contributed by atoms with Crippen LogP contribution in [-0.4, -0.2) is 44.1 Å². The van der Waals surface area contributed by atoms with E-state index in [9.17, 15) is 9.59 Å². The Morgan fingerprint density at radius 2 is 1.86 bits per heavy atom. The van der Waals surface area contributed by atoms with Crippen molar-refractivity contribution in [1.82, 2.24) is 5.32 Å². The van der Waals surface area contributed by atoms with Crippen LogP contribution in [-0.2, 0) is 14.3 Å². The van der Waals surface area contributed by atoms with Gasteiger partial charge in [-0.2, -0.15) is 11.8 Å². The summed E-state index contributed by atoms with van der Waals surface area (Å²) in [7, 11) is 3.25. The molecule has 0 radical (unpaired) electrons. The molecule has 0 fully saturated rings. The SMILES string of the molecule is CCSCCOC(=O)C1=C(C)NC2=C(C(=O)C[C@@H](c3ccccc3OC)C2)[C@H]1c1ccc(OC)c(Br)c1. The highest BCUT2D eigenvalue weighted by Crippen LogP contribution is 2.47. The van der Waals surface area contributed by atoms with Crippen LogP contribution in [0.5, 0.6) is 11.5 Å². The molecule has 0 aromatic heterocycles. The van der Waals surface area contributed by atoms with E-state index in [0.29, 0.717) is 42.0 Å². The lowest BCUT2D eigenvalue weighted by Crippen LogP contribution is -2.36. The fourth-order valence-corrected chi connectivity index (χ4v) is 6.19. The fourth-order valence-electron chi connectivity index (χ4n) is 5.14. The molecule has 0 bridgehead atoms. The molecular weight excluding hydrogens is 554 g/mol. The molecule has 0 saturated carbocycles. The summed E-state index contributed by atoms with van der Waals surface area (Å²) < 4.78 is 17.4. The minimum absolute atomic E-state index is 0.0148. The number of Topliss-reactive ketones (excluding diaryl/α,β-unsaturated/α-hetero) is 1. The Labute approximate surface area is 231 Å². The van der Waals surface area contributed by atoms with Crippen LogP contribution in [0.25, 0.3) is 0 Å². The maximum atomic E-state index is 13.8. The molecule has 1 aliphatic heterocycles. The van der Waals surface area contributed by atoms with Crippen molar-refractivity contribution in [3.63, 3.8) is 0 Å². The first-order chi connectivity index (χ1) is 17.9. The van der Waals surface area contributed by atoms with Crippen molar-refractivity contribution in [2.75, 3.05) is 32.3 Å². The number of allylic oxidation sites excluding steroid dienone is 3. The van der Waals surface area contributed by atoms with Crippen LogP contribution in [0.3, 0.4) is 0 Å². The van der Waals surface area contributed by atoms with Gasteiger partial charge in [0.15, 0.2) is 5.78 Å². The number of ether oxygens (including phenoxy) is 3. The molecule has 1 heterocycles. The molecule has 0 amide bonds. The number of thioether (sulfide) groups is 1. The topological polar surface area (TPSA) is 73.9 Å². The van der Waals surface area contributed by atoms with Gasteiger partial charge in [0.25, 0.3) is 0 Å². The van der Waals surface area contributed by atoms with Gasteiger partial charge in [0.1, 0.15) is 18.1 Å². The molecule has 6 nitrogen and oxygen atoms in total. The maximum Gasteiger partial charge on any atom is 0.336 e. The molecule has 2 aromatic rings. The van der Waals surface area contributed by atoms with E-state index in [4.69, 9.17) is 14.2 Å². The third-order valence-electron chi connectivity index (χ3n) is 6.80. The third-order valence-corrected chi connectivity index (χ3v) is 8.28. The molecule has 37 heavy (non-hydrogen) atoms. The van der Waals surface area contributed by atoms with Gasteiger partial charge in [0.2, 0.25) is 0 Å². The van der Waals surface area contributed by atoms with Crippen molar-refractivity contribution < 1.29 is 23.8 Å². The van der Waals surface area contributed by atoms with Gasteiger partial charge >= 0.3 is 5.97 Å². The second-order valence-corrected chi connectivity index (χ2v) is 11.2. The number of nitrogens with one attached hydrogen (secondary N) is 1. The minimum Gasteiger partial charge on any atom is -0.496 e. The highest BCUT2D eigenvalue weighted by Gasteiger charge is 2.42. The van der Waals surface area contributed by atoms with E-state index in [1.807, 2.05) is 49.4 Å². The molecule has 2 aromatic carbocycles. The van der Waals surface area contributed by atoms with Crippen molar-refractivity contribution in [3.8, 4) is 11.5 Å². The summed E-state index contributed by atoms with van der Waals surface area (Å²) in [5, 5.41) is 3.41. The Kier molecular flexibility index (Phi) is 9.03. The van der Waals surface area contributed by atoms with E-state index in [1.165, 1.54) is 0 Å². The van der Waals surface area contributed by atoms with Gasteiger partial charge in [-0.3, -0.25) is 4.79 Å². The van der Waals surface area contributed by atoms with E-state index >= 15 is 0 Å². The summed E-state index contributed by atoms with van der Waals surface area (Å²) in [6.07, 6.45) is 0.977. The molecule has 1 N–H and O–H groups in total. The Hall–Kier alpha value is -2.71. The molecule has 196 valence electrons. The molecule has 2 aliphatic rings. The highest BCUT2D eigenvalue weighted by molar-refractivity contribution is 9.10. The highest BCUT2D eigenvalue weighted by atomic mass is 79.9. The number of hydrogen-bond acceptors (Lipinski definition) is 7. The van der Waals surface area contributed by atoms with Crippen molar-refractivity contribution in [1.29, 1.82) is 0 Å². The van der Waals surface area contributed by atoms with Crippen LogP contribution in [0.1, 0.15) is 49.7 Å².